The van der Waals surface area contributed by atoms with Crippen molar-refractivity contribution in [2.45, 2.75) is 47.2 Å². The second-order valence-electron chi connectivity index (χ2n) is 5.37. The summed E-state index contributed by atoms with van der Waals surface area (Å²) < 4.78 is 0. The Morgan fingerprint density at radius 1 is 1.05 bits per heavy atom. The van der Waals surface area contributed by atoms with Gasteiger partial charge in [-0.15, -0.1) is 0 Å². The van der Waals surface area contributed by atoms with Crippen molar-refractivity contribution in [3.8, 4) is 0 Å². The van der Waals surface area contributed by atoms with Gasteiger partial charge in [0.2, 0.25) is 0 Å². The van der Waals surface area contributed by atoms with Gasteiger partial charge in [-0.25, -0.2) is 0 Å². The molecule has 108 valence electrons. The molecule has 1 rings (SSSR count). The lowest BCUT2D eigenvalue weighted by Crippen LogP contribution is -2.25. The molecule has 1 aromatic carbocycles. The molecule has 0 aliphatic rings. The summed E-state index contributed by atoms with van der Waals surface area (Å²) in [5.41, 5.74) is 2.90. The zero-order valence-electron chi connectivity index (χ0n) is 13.1. The molecule has 0 aliphatic carbocycles. The van der Waals surface area contributed by atoms with E-state index in [4.69, 9.17) is 0 Å². The molecule has 0 amide bonds. The van der Waals surface area contributed by atoms with Gasteiger partial charge in [0.1, 0.15) is 0 Å². The monoisotopic (exact) mass is 262 g/mol. The molecule has 0 fully saturated rings. The quantitative estimate of drug-likeness (QED) is 0.730. The number of benzene rings is 1. The van der Waals surface area contributed by atoms with Gasteiger partial charge in [0, 0.05) is 13.1 Å². The first kappa shape index (κ1) is 16.2. The summed E-state index contributed by atoms with van der Waals surface area (Å²) in [5, 5.41) is 3.58. The number of nitrogens with one attached hydrogen (secondary N) is 1. The molecule has 0 aliphatic heterocycles. The van der Waals surface area contributed by atoms with E-state index in [2.05, 4.69) is 62.2 Å². The van der Waals surface area contributed by atoms with Crippen molar-refractivity contribution in [2.24, 2.45) is 5.92 Å². The molecule has 0 spiro atoms. The Bertz CT molecular complexity index is 345. The minimum atomic E-state index is 0.759. The lowest BCUT2D eigenvalue weighted by atomic mass is 10.1. The molecule has 0 saturated carbocycles. The van der Waals surface area contributed by atoms with E-state index in [1.165, 1.54) is 17.5 Å². The summed E-state index contributed by atoms with van der Waals surface area (Å²) in [6, 6.07) is 8.81. The molecule has 2 heteroatoms. The zero-order chi connectivity index (χ0) is 14.1. The van der Waals surface area contributed by atoms with Gasteiger partial charge in [-0.2, -0.15) is 0 Å². The van der Waals surface area contributed by atoms with Gasteiger partial charge in [0.05, 0.1) is 0 Å². The molecule has 0 bridgehead atoms. The molecule has 0 radical (unpaired) electrons. The van der Waals surface area contributed by atoms with Gasteiger partial charge >= 0.3 is 0 Å². The fourth-order valence-corrected chi connectivity index (χ4v) is 2.17. The van der Waals surface area contributed by atoms with E-state index >= 15 is 0 Å². The molecule has 2 nitrogen and oxygen atoms in total. The van der Waals surface area contributed by atoms with Gasteiger partial charge in [-0.1, -0.05) is 58.4 Å². The Hall–Kier alpha value is -0.860. The summed E-state index contributed by atoms with van der Waals surface area (Å²) in [4.78, 5) is 2.47. The van der Waals surface area contributed by atoms with Crippen LogP contribution in [0.4, 0.5) is 0 Å². The average molecular weight is 262 g/mol. The van der Waals surface area contributed by atoms with Crippen molar-refractivity contribution in [3.63, 3.8) is 0 Å². The highest BCUT2D eigenvalue weighted by Crippen LogP contribution is 2.12. The maximum absolute atomic E-state index is 3.58. The summed E-state index contributed by atoms with van der Waals surface area (Å²) in [6.45, 7) is 14.4. The molecule has 1 aromatic rings. The van der Waals surface area contributed by atoms with Crippen LogP contribution in [0.2, 0.25) is 0 Å². The van der Waals surface area contributed by atoms with E-state index in [0.29, 0.717) is 0 Å². The standard InChI is InChI=1S/C17H30N2/c1-5-15(4)12-18-13-16-10-8-9-11-17(16)14-19(6-2)7-3/h8-11,15,18H,5-7,12-14H2,1-4H3. The fourth-order valence-electron chi connectivity index (χ4n) is 2.17. The highest BCUT2D eigenvalue weighted by atomic mass is 15.1. The maximum atomic E-state index is 3.58. The SMILES string of the molecule is CCC(C)CNCc1ccccc1CN(CC)CC. The Morgan fingerprint density at radius 2 is 1.68 bits per heavy atom. The third kappa shape index (κ3) is 5.75. The maximum Gasteiger partial charge on any atom is 0.0236 e. The van der Waals surface area contributed by atoms with Crippen molar-refractivity contribution in [3.05, 3.63) is 35.4 Å². The first-order valence-corrected chi connectivity index (χ1v) is 7.71. The summed E-state index contributed by atoms with van der Waals surface area (Å²) in [5.74, 6) is 0.759. The predicted molar refractivity (Wildman–Crippen MR) is 84.2 cm³/mol. The second-order valence-corrected chi connectivity index (χ2v) is 5.37. The van der Waals surface area contributed by atoms with Gasteiger partial charge < -0.3 is 5.32 Å². The predicted octanol–water partition coefficient (Wildman–Crippen LogP) is 3.66. The van der Waals surface area contributed by atoms with Crippen molar-refractivity contribution in [2.75, 3.05) is 19.6 Å². The van der Waals surface area contributed by atoms with Gasteiger partial charge in [0.25, 0.3) is 0 Å². The van der Waals surface area contributed by atoms with E-state index in [0.717, 1.165) is 38.6 Å². The summed E-state index contributed by atoms with van der Waals surface area (Å²) in [7, 11) is 0. The Kier molecular flexibility index (Phi) is 7.76. The van der Waals surface area contributed by atoms with Crippen molar-refractivity contribution in [1.82, 2.24) is 10.2 Å². The third-order valence-electron chi connectivity index (χ3n) is 3.91. The first-order valence-electron chi connectivity index (χ1n) is 7.71. The van der Waals surface area contributed by atoms with Crippen LogP contribution in [0.25, 0.3) is 0 Å². The average Bonchev–Trinajstić information content (AvgIpc) is 2.45. The van der Waals surface area contributed by atoms with Crippen molar-refractivity contribution in [1.29, 1.82) is 0 Å². The van der Waals surface area contributed by atoms with E-state index in [-0.39, 0.29) is 0 Å². The second kappa shape index (κ2) is 9.11. The van der Waals surface area contributed by atoms with Crippen LogP contribution in [0.3, 0.4) is 0 Å². The van der Waals surface area contributed by atoms with E-state index < -0.39 is 0 Å². The molecule has 0 saturated heterocycles. The highest BCUT2D eigenvalue weighted by molar-refractivity contribution is 5.27. The lowest BCUT2D eigenvalue weighted by Gasteiger charge is -2.20. The molecule has 19 heavy (non-hydrogen) atoms. The smallest absolute Gasteiger partial charge is 0.0236 e. The Morgan fingerprint density at radius 3 is 2.26 bits per heavy atom. The van der Waals surface area contributed by atoms with Crippen LogP contribution >= 0.6 is 0 Å². The molecular formula is C17H30N2. The largest absolute Gasteiger partial charge is 0.312 e. The first-order chi connectivity index (χ1) is 9.21. The number of hydrogen-bond donors (Lipinski definition) is 1. The van der Waals surface area contributed by atoms with Crippen molar-refractivity contribution >= 4 is 0 Å². The van der Waals surface area contributed by atoms with Crippen LogP contribution in [0.1, 0.15) is 45.2 Å². The minimum absolute atomic E-state index is 0.759. The van der Waals surface area contributed by atoms with E-state index in [1.807, 2.05) is 0 Å². The number of nitrogens with zero attached hydrogens (tertiary/aromatic N) is 1. The van der Waals surface area contributed by atoms with Gasteiger partial charge in [-0.05, 0) is 36.7 Å². The van der Waals surface area contributed by atoms with Crippen LogP contribution in [-0.4, -0.2) is 24.5 Å². The zero-order valence-corrected chi connectivity index (χ0v) is 13.1. The summed E-state index contributed by atoms with van der Waals surface area (Å²) in [6.07, 6.45) is 1.24. The van der Waals surface area contributed by atoms with Gasteiger partial charge in [0.15, 0.2) is 0 Å². The van der Waals surface area contributed by atoms with Crippen LogP contribution < -0.4 is 5.32 Å². The topological polar surface area (TPSA) is 15.3 Å². The van der Waals surface area contributed by atoms with Gasteiger partial charge in [-0.3, -0.25) is 4.90 Å². The van der Waals surface area contributed by atoms with Crippen LogP contribution in [-0.2, 0) is 13.1 Å². The minimum Gasteiger partial charge on any atom is -0.312 e. The van der Waals surface area contributed by atoms with E-state index in [1.54, 1.807) is 0 Å². The third-order valence-corrected chi connectivity index (χ3v) is 3.91. The molecule has 1 atom stereocenters. The molecule has 0 heterocycles. The molecular weight excluding hydrogens is 232 g/mol. The molecule has 1 N–H and O–H groups in total. The van der Waals surface area contributed by atoms with Crippen LogP contribution in [0.5, 0.6) is 0 Å². The van der Waals surface area contributed by atoms with Crippen LogP contribution in [0.15, 0.2) is 24.3 Å². The Labute approximate surface area is 119 Å². The molecule has 0 aromatic heterocycles. The van der Waals surface area contributed by atoms with Crippen molar-refractivity contribution < 1.29 is 0 Å². The van der Waals surface area contributed by atoms with Crippen LogP contribution in [0, 0.1) is 5.92 Å². The number of rotatable bonds is 9. The summed E-state index contributed by atoms with van der Waals surface area (Å²) >= 11 is 0. The van der Waals surface area contributed by atoms with E-state index in [9.17, 15) is 0 Å². The lowest BCUT2D eigenvalue weighted by molar-refractivity contribution is 0.294. The normalized spacial score (nSPS) is 12.9. The highest BCUT2D eigenvalue weighted by Gasteiger charge is 2.06. The number of hydrogen-bond acceptors (Lipinski definition) is 2. The molecule has 1 unspecified atom stereocenters. The Balaban J connectivity index is 2.57. The fraction of sp³-hybridized carbons (Fsp3) is 0.647.